The van der Waals surface area contributed by atoms with Gasteiger partial charge in [0.1, 0.15) is 5.82 Å². The molecular weight excluding hydrogens is 350 g/mol. The Labute approximate surface area is 166 Å². The van der Waals surface area contributed by atoms with Crippen LogP contribution in [0, 0.1) is 11.8 Å². The van der Waals surface area contributed by atoms with Crippen molar-refractivity contribution in [2.45, 2.75) is 33.4 Å². The van der Waals surface area contributed by atoms with E-state index in [4.69, 9.17) is 5.73 Å². The number of nitrogens with two attached hydrogens (primary N) is 1. The van der Waals surface area contributed by atoms with Gasteiger partial charge in [-0.1, -0.05) is 38.1 Å². The summed E-state index contributed by atoms with van der Waals surface area (Å²) < 4.78 is 1.71. The summed E-state index contributed by atoms with van der Waals surface area (Å²) in [4.78, 5) is 11.5. The highest BCUT2D eigenvalue weighted by Crippen LogP contribution is 2.24. The smallest absolute Gasteiger partial charge is 0.226 e. The zero-order valence-corrected chi connectivity index (χ0v) is 16.9. The number of nitrogen functional groups attached to an aromatic ring is 1. The molecule has 0 saturated carbocycles. The quantitative estimate of drug-likeness (QED) is 0.709. The van der Waals surface area contributed by atoms with Gasteiger partial charge in [0.15, 0.2) is 5.65 Å². The number of likely N-dealkylation sites (tertiary alicyclic amines) is 1. The molecule has 1 aromatic carbocycles. The van der Waals surface area contributed by atoms with E-state index >= 15 is 0 Å². The lowest BCUT2D eigenvalue weighted by atomic mass is 9.91. The van der Waals surface area contributed by atoms with Crippen LogP contribution in [0.3, 0.4) is 0 Å². The van der Waals surface area contributed by atoms with E-state index in [0.717, 1.165) is 29.4 Å². The molecule has 7 nitrogen and oxygen atoms in total. The summed E-state index contributed by atoms with van der Waals surface area (Å²) >= 11 is 0. The lowest BCUT2D eigenvalue weighted by molar-refractivity contribution is 0.134. The van der Waals surface area contributed by atoms with Crippen molar-refractivity contribution in [3.05, 3.63) is 41.6 Å². The number of anilines is 2. The maximum Gasteiger partial charge on any atom is 0.226 e. The molecular formula is C21H29N7. The minimum atomic E-state index is 0.449. The number of aromatic nitrogens is 4. The Kier molecular flexibility index (Phi) is 5.17. The topological polar surface area (TPSA) is 84.9 Å². The van der Waals surface area contributed by atoms with Gasteiger partial charge in [0, 0.05) is 33.2 Å². The van der Waals surface area contributed by atoms with Gasteiger partial charge in [-0.05, 0) is 29.4 Å². The van der Waals surface area contributed by atoms with Crippen molar-refractivity contribution < 1.29 is 0 Å². The SMILES string of the molecule is CC1CC(C)CN(Cc2ccccc2CNc2nc(N)c3cnn(C)c3n2)C1. The normalized spacial score (nSPS) is 20.5. The van der Waals surface area contributed by atoms with Crippen molar-refractivity contribution in [1.29, 1.82) is 0 Å². The zero-order chi connectivity index (χ0) is 19.7. The van der Waals surface area contributed by atoms with Crippen LogP contribution in [-0.2, 0) is 20.1 Å². The van der Waals surface area contributed by atoms with Gasteiger partial charge in [-0.3, -0.25) is 9.58 Å². The largest absolute Gasteiger partial charge is 0.383 e. The maximum atomic E-state index is 6.07. The van der Waals surface area contributed by atoms with E-state index in [2.05, 4.69) is 63.4 Å². The first-order valence-corrected chi connectivity index (χ1v) is 9.98. The van der Waals surface area contributed by atoms with Gasteiger partial charge in [-0.25, -0.2) is 0 Å². The number of hydrogen-bond acceptors (Lipinski definition) is 6. The lowest BCUT2D eigenvalue weighted by Gasteiger charge is -2.35. The Balaban J connectivity index is 1.49. The van der Waals surface area contributed by atoms with E-state index in [9.17, 15) is 0 Å². The number of benzene rings is 1. The van der Waals surface area contributed by atoms with Crippen LogP contribution in [-0.4, -0.2) is 37.7 Å². The second kappa shape index (κ2) is 7.75. The summed E-state index contributed by atoms with van der Waals surface area (Å²) in [6.07, 6.45) is 3.03. The number of fused-ring (bicyclic) bond motifs is 1. The Morgan fingerprint density at radius 1 is 1.11 bits per heavy atom. The van der Waals surface area contributed by atoms with Gasteiger partial charge in [0.25, 0.3) is 0 Å². The van der Waals surface area contributed by atoms with E-state index in [1.807, 2.05) is 7.05 Å². The van der Waals surface area contributed by atoms with Crippen molar-refractivity contribution >= 4 is 22.8 Å². The molecule has 0 amide bonds. The lowest BCUT2D eigenvalue weighted by Crippen LogP contribution is -2.38. The van der Waals surface area contributed by atoms with Gasteiger partial charge in [0.05, 0.1) is 11.6 Å². The summed E-state index contributed by atoms with van der Waals surface area (Å²) in [7, 11) is 1.86. The van der Waals surface area contributed by atoms with E-state index < -0.39 is 0 Å². The molecule has 1 aliphatic rings. The number of nitrogens with one attached hydrogen (secondary N) is 1. The summed E-state index contributed by atoms with van der Waals surface area (Å²) in [5.74, 6) is 2.50. The molecule has 0 spiro atoms. The highest BCUT2D eigenvalue weighted by molar-refractivity contribution is 5.86. The van der Waals surface area contributed by atoms with Crippen molar-refractivity contribution in [1.82, 2.24) is 24.6 Å². The first kappa shape index (κ1) is 18.7. The molecule has 4 rings (SSSR count). The molecule has 2 aromatic heterocycles. The molecule has 2 unspecified atom stereocenters. The third-order valence-electron chi connectivity index (χ3n) is 5.52. The van der Waals surface area contributed by atoms with Gasteiger partial charge < -0.3 is 11.1 Å². The van der Waals surface area contributed by atoms with Crippen LogP contribution in [0.5, 0.6) is 0 Å². The fraction of sp³-hybridized carbons (Fsp3) is 0.476. The van der Waals surface area contributed by atoms with E-state index in [1.54, 1.807) is 10.9 Å². The molecule has 0 aliphatic carbocycles. The molecule has 3 heterocycles. The van der Waals surface area contributed by atoms with Crippen molar-refractivity contribution in [2.75, 3.05) is 24.1 Å². The molecule has 3 N–H and O–H groups in total. The van der Waals surface area contributed by atoms with E-state index in [0.29, 0.717) is 18.3 Å². The zero-order valence-electron chi connectivity index (χ0n) is 16.9. The first-order valence-electron chi connectivity index (χ1n) is 9.98. The second-order valence-corrected chi connectivity index (χ2v) is 8.20. The highest BCUT2D eigenvalue weighted by Gasteiger charge is 2.22. The molecule has 3 aromatic rings. The van der Waals surface area contributed by atoms with Crippen LogP contribution in [0.2, 0.25) is 0 Å². The molecule has 28 heavy (non-hydrogen) atoms. The van der Waals surface area contributed by atoms with Crippen LogP contribution in [0.4, 0.5) is 11.8 Å². The summed E-state index contributed by atoms with van der Waals surface area (Å²) in [5, 5.41) is 8.33. The minimum Gasteiger partial charge on any atom is -0.383 e. The molecule has 1 saturated heterocycles. The Bertz CT molecular complexity index is 955. The third kappa shape index (κ3) is 3.94. The van der Waals surface area contributed by atoms with Gasteiger partial charge in [-0.15, -0.1) is 0 Å². The van der Waals surface area contributed by atoms with Crippen LogP contribution in [0.25, 0.3) is 11.0 Å². The molecule has 2 atom stereocenters. The number of nitrogens with zero attached hydrogens (tertiary/aromatic N) is 5. The van der Waals surface area contributed by atoms with Crippen molar-refractivity contribution in [3.63, 3.8) is 0 Å². The average Bonchev–Trinajstić information content (AvgIpc) is 3.02. The fourth-order valence-corrected chi connectivity index (χ4v) is 4.34. The average molecular weight is 380 g/mol. The van der Waals surface area contributed by atoms with E-state index in [-0.39, 0.29) is 0 Å². The number of aryl methyl sites for hydroxylation is 1. The maximum absolute atomic E-state index is 6.07. The first-order chi connectivity index (χ1) is 13.5. The van der Waals surface area contributed by atoms with Crippen LogP contribution in [0.15, 0.2) is 30.5 Å². The molecule has 0 bridgehead atoms. The fourth-order valence-electron chi connectivity index (χ4n) is 4.34. The molecule has 1 fully saturated rings. The minimum absolute atomic E-state index is 0.449. The monoisotopic (exact) mass is 379 g/mol. The summed E-state index contributed by atoms with van der Waals surface area (Å²) in [5.41, 5.74) is 9.42. The number of hydrogen-bond donors (Lipinski definition) is 2. The Hall–Kier alpha value is -2.67. The van der Waals surface area contributed by atoms with Crippen molar-refractivity contribution in [3.8, 4) is 0 Å². The Morgan fingerprint density at radius 2 is 1.82 bits per heavy atom. The second-order valence-electron chi connectivity index (χ2n) is 8.20. The number of piperidine rings is 1. The van der Waals surface area contributed by atoms with Gasteiger partial charge in [0.2, 0.25) is 5.95 Å². The molecule has 0 radical (unpaired) electrons. The third-order valence-corrected chi connectivity index (χ3v) is 5.52. The van der Waals surface area contributed by atoms with E-state index in [1.165, 1.54) is 30.6 Å². The molecule has 148 valence electrons. The molecule has 7 heteroatoms. The highest BCUT2D eigenvalue weighted by atomic mass is 15.3. The van der Waals surface area contributed by atoms with Gasteiger partial charge in [-0.2, -0.15) is 15.1 Å². The molecule has 1 aliphatic heterocycles. The van der Waals surface area contributed by atoms with Crippen LogP contribution >= 0.6 is 0 Å². The standard InChI is InChI=1S/C21H29N7/c1-14-8-15(2)12-28(11-14)13-17-7-5-4-6-16(17)9-23-21-25-19(22)18-10-24-27(3)20(18)26-21/h4-7,10,14-15H,8-9,11-13H2,1-3H3,(H3,22,23,25,26). The predicted molar refractivity (Wildman–Crippen MR) is 113 cm³/mol. The summed E-state index contributed by atoms with van der Waals surface area (Å²) in [6, 6.07) is 8.60. The van der Waals surface area contributed by atoms with Crippen molar-refractivity contribution in [2.24, 2.45) is 18.9 Å². The number of rotatable bonds is 5. The predicted octanol–water partition coefficient (Wildman–Crippen LogP) is 3.04. The van der Waals surface area contributed by atoms with Crippen LogP contribution in [0.1, 0.15) is 31.4 Å². The summed E-state index contributed by atoms with van der Waals surface area (Å²) in [6.45, 7) is 8.69. The van der Waals surface area contributed by atoms with Crippen LogP contribution < -0.4 is 11.1 Å². The Morgan fingerprint density at radius 3 is 2.57 bits per heavy atom. The van der Waals surface area contributed by atoms with Gasteiger partial charge >= 0.3 is 0 Å².